The van der Waals surface area contributed by atoms with Crippen molar-refractivity contribution in [1.29, 1.82) is 0 Å². The Bertz CT molecular complexity index is 621. The van der Waals surface area contributed by atoms with Crippen LogP contribution in [0.15, 0.2) is 18.2 Å². The van der Waals surface area contributed by atoms with Gasteiger partial charge in [-0.2, -0.15) is 0 Å². The highest BCUT2D eigenvalue weighted by molar-refractivity contribution is 5.99. The van der Waals surface area contributed by atoms with Crippen LogP contribution in [0.2, 0.25) is 0 Å². The number of anilines is 1. The zero-order chi connectivity index (χ0) is 18.9. The lowest BCUT2D eigenvalue weighted by molar-refractivity contribution is 0.0936. The number of ether oxygens (including phenoxy) is 1. The molecule has 7 heteroatoms. The van der Waals surface area contributed by atoms with Crippen LogP contribution in [0.1, 0.15) is 41.6 Å². The number of nitrogens with one attached hydrogen (secondary N) is 2. The van der Waals surface area contributed by atoms with Crippen LogP contribution < -0.4 is 10.6 Å². The van der Waals surface area contributed by atoms with Gasteiger partial charge in [0.25, 0.3) is 5.91 Å². The van der Waals surface area contributed by atoms with Gasteiger partial charge in [0.1, 0.15) is 0 Å². The summed E-state index contributed by atoms with van der Waals surface area (Å²) in [6.45, 7) is 3.28. The molecule has 3 N–H and O–H groups in total. The Morgan fingerprint density at radius 2 is 2.12 bits per heavy atom. The van der Waals surface area contributed by atoms with E-state index in [9.17, 15) is 14.7 Å². The molecule has 1 aromatic rings. The lowest BCUT2D eigenvalue weighted by Crippen LogP contribution is -2.44. The highest BCUT2D eigenvalue weighted by Crippen LogP contribution is 2.22. The molecule has 1 atom stereocenters. The van der Waals surface area contributed by atoms with Crippen LogP contribution in [0.25, 0.3) is 0 Å². The quantitative estimate of drug-likeness (QED) is 0.676. The summed E-state index contributed by atoms with van der Waals surface area (Å²) >= 11 is 0. The number of hydrogen-bond acceptors (Lipinski definition) is 4. The van der Waals surface area contributed by atoms with Gasteiger partial charge in [0, 0.05) is 31.5 Å². The van der Waals surface area contributed by atoms with Gasteiger partial charge in [-0.25, -0.2) is 4.79 Å². The maximum atomic E-state index is 12.7. The number of methoxy groups -OCH3 is 1. The largest absolute Gasteiger partial charge is 0.394 e. The van der Waals surface area contributed by atoms with Crippen molar-refractivity contribution in [2.45, 2.75) is 38.6 Å². The SMILES string of the molecule is COCCNC(=O)c1cccc(NC(=O)N2CCCCC[C@H]2CO)c1C. The van der Waals surface area contributed by atoms with Gasteiger partial charge in [0.05, 0.1) is 19.3 Å². The monoisotopic (exact) mass is 363 g/mol. The number of benzene rings is 1. The minimum atomic E-state index is -0.231. The number of amides is 3. The molecule has 0 spiro atoms. The van der Waals surface area contributed by atoms with E-state index in [0.29, 0.717) is 36.5 Å². The Labute approximate surface area is 154 Å². The van der Waals surface area contributed by atoms with Gasteiger partial charge in [0.15, 0.2) is 0 Å². The van der Waals surface area contributed by atoms with E-state index in [1.807, 2.05) is 6.92 Å². The Morgan fingerprint density at radius 1 is 1.31 bits per heavy atom. The zero-order valence-corrected chi connectivity index (χ0v) is 15.6. The summed E-state index contributed by atoms with van der Waals surface area (Å²) in [5, 5.41) is 15.3. The smallest absolute Gasteiger partial charge is 0.322 e. The van der Waals surface area contributed by atoms with E-state index in [-0.39, 0.29) is 24.6 Å². The lowest BCUT2D eigenvalue weighted by Gasteiger charge is -2.29. The maximum Gasteiger partial charge on any atom is 0.322 e. The van der Waals surface area contributed by atoms with E-state index >= 15 is 0 Å². The van der Waals surface area contributed by atoms with Gasteiger partial charge in [-0.1, -0.05) is 18.9 Å². The van der Waals surface area contributed by atoms with Gasteiger partial charge in [0.2, 0.25) is 0 Å². The molecule has 0 bridgehead atoms. The zero-order valence-electron chi connectivity index (χ0n) is 15.6. The second kappa shape index (κ2) is 10.1. The molecule has 7 nitrogen and oxygen atoms in total. The van der Waals surface area contributed by atoms with Gasteiger partial charge >= 0.3 is 6.03 Å². The van der Waals surface area contributed by atoms with Crippen molar-refractivity contribution in [1.82, 2.24) is 10.2 Å². The Kier molecular flexibility index (Phi) is 7.87. The van der Waals surface area contributed by atoms with Crippen molar-refractivity contribution in [2.75, 3.05) is 38.7 Å². The van der Waals surface area contributed by atoms with E-state index in [1.54, 1.807) is 30.2 Å². The highest BCUT2D eigenvalue weighted by atomic mass is 16.5. The summed E-state index contributed by atoms with van der Waals surface area (Å²) in [7, 11) is 1.58. The molecular formula is C19H29N3O4. The summed E-state index contributed by atoms with van der Waals surface area (Å²) in [5.74, 6) is -0.196. The van der Waals surface area contributed by atoms with Crippen molar-refractivity contribution >= 4 is 17.6 Å². The van der Waals surface area contributed by atoms with Crippen molar-refractivity contribution in [3.05, 3.63) is 29.3 Å². The van der Waals surface area contributed by atoms with Crippen molar-refractivity contribution in [3.63, 3.8) is 0 Å². The minimum absolute atomic E-state index is 0.0334. The number of rotatable bonds is 6. The van der Waals surface area contributed by atoms with E-state index in [1.165, 1.54) is 0 Å². The average Bonchev–Trinajstić information content (AvgIpc) is 2.89. The van der Waals surface area contributed by atoms with Gasteiger partial charge in [-0.3, -0.25) is 4.79 Å². The van der Waals surface area contributed by atoms with E-state index in [0.717, 1.165) is 25.7 Å². The maximum absolute atomic E-state index is 12.7. The third-order valence-electron chi connectivity index (χ3n) is 4.76. The van der Waals surface area contributed by atoms with E-state index in [4.69, 9.17) is 4.74 Å². The molecule has 1 aromatic carbocycles. The molecule has 0 unspecified atom stereocenters. The molecule has 1 fully saturated rings. The Balaban J connectivity index is 2.09. The van der Waals surface area contributed by atoms with Crippen molar-refractivity contribution < 1.29 is 19.4 Å². The Hall–Kier alpha value is -2.12. The molecule has 0 radical (unpaired) electrons. The molecule has 0 saturated carbocycles. The molecule has 1 saturated heterocycles. The van der Waals surface area contributed by atoms with Crippen molar-refractivity contribution in [2.24, 2.45) is 0 Å². The number of carbonyl (C=O) groups excluding carboxylic acids is 2. The number of likely N-dealkylation sites (tertiary alicyclic amines) is 1. The predicted octanol–water partition coefficient (Wildman–Crippen LogP) is 2.14. The first-order valence-corrected chi connectivity index (χ1v) is 9.13. The number of aliphatic hydroxyl groups is 1. The second-order valence-corrected chi connectivity index (χ2v) is 6.54. The van der Waals surface area contributed by atoms with Crippen LogP contribution in [0.3, 0.4) is 0 Å². The summed E-state index contributed by atoms with van der Waals surface area (Å²) in [6, 6.07) is 4.88. The number of urea groups is 1. The fourth-order valence-corrected chi connectivity index (χ4v) is 3.20. The Morgan fingerprint density at radius 3 is 2.85 bits per heavy atom. The molecule has 0 aromatic heterocycles. The third-order valence-corrected chi connectivity index (χ3v) is 4.76. The van der Waals surface area contributed by atoms with Gasteiger partial charge < -0.3 is 25.4 Å². The molecule has 1 aliphatic heterocycles. The van der Waals surface area contributed by atoms with Gasteiger partial charge in [-0.05, 0) is 37.5 Å². The highest BCUT2D eigenvalue weighted by Gasteiger charge is 2.25. The lowest BCUT2D eigenvalue weighted by atomic mass is 10.1. The summed E-state index contributed by atoms with van der Waals surface area (Å²) < 4.78 is 4.94. The normalized spacial score (nSPS) is 17.5. The number of aliphatic hydroxyl groups excluding tert-OH is 1. The predicted molar refractivity (Wildman–Crippen MR) is 100 cm³/mol. The minimum Gasteiger partial charge on any atom is -0.394 e. The first kappa shape index (κ1) is 20.2. The molecule has 0 aliphatic carbocycles. The van der Waals surface area contributed by atoms with Gasteiger partial charge in [-0.15, -0.1) is 0 Å². The number of nitrogens with zero attached hydrogens (tertiary/aromatic N) is 1. The van der Waals surface area contributed by atoms with Crippen molar-refractivity contribution in [3.8, 4) is 0 Å². The third kappa shape index (κ3) is 5.19. The molecule has 26 heavy (non-hydrogen) atoms. The molecular weight excluding hydrogens is 334 g/mol. The average molecular weight is 363 g/mol. The molecule has 1 heterocycles. The van der Waals surface area contributed by atoms with Crippen LogP contribution in [-0.4, -0.2) is 61.4 Å². The fraction of sp³-hybridized carbons (Fsp3) is 0.579. The summed E-state index contributed by atoms with van der Waals surface area (Å²) in [5.41, 5.74) is 1.84. The second-order valence-electron chi connectivity index (χ2n) is 6.54. The summed E-state index contributed by atoms with van der Waals surface area (Å²) in [4.78, 5) is 26.7. The molecule has 3 amide bonds. The standard InChI is InChI=1S/C19H29N3O4/c1-14-16(18(24)20-10-12-26-2)8-6-9-17(14)21-19(25)22-11-5-3-4-7-15(22)13-23/h6,8-9,15,23H,3-5,7,10-13H2,1-2H3,(H,20,24)(H,21,25)/t15-/m0/s1. The first-order valence-electron chi connectivity index (χ1n) is 9.13. The molecule has 2 rings (SSSR count). The van der Waals surface area contributed by atoms with Crippen LogP contribution >= 0.6 is 0 Å². The van der Waals surface area contributed by atoms with Crippen LogP contribution in [-0.2, 0) is 4.74 Å². The van der Waals surface area contributed by atoms with Crippen LogP contribution in [0.5, 0.6) is 0 Å². The number of carbonyl (C=O) groups is 2. The van der Waals surface area contributed by atoms with Crippen LogP contribution in [0, 0.1) is 6.92 Å². The fourth-order valence-electron chi connectivity index (χ4n) is 3.20. The number of hydrogen-bond donors (Lipinski definition) is 3. The first-order chi connectivity index (χ1) is 12.6. The topological polar surface area (TPSA) is 90.9 Å². The molecule has 144 valence electrons. The molecule has 1 aliphatic rings. The van der Waals surface area contributed by atoms with E-state index in [2.05, 4.69) is 10.6 Å². The van der Waals surface area contributed by atoms with Crippen LogP contribution in [0.4, 0.5) is 10.5 Å². The van der Waals surface area contributed by atoms with E-state index < -0.39 is 0 Å². The summed E-state index contributed by atoms with van der Waals surface area (Å²) in [6.07, 6.45) is 3.83.